The van der Waals surface area contributed by atoms with E-state index in [0.29, 0.717) is 6.42 Å². The Labute approximate surface area is 161 Å². The molecule has 0 N–H and O–H groups in total. The van der Waals surface area contributed by atoms with Gasteiger partial charge in [-0.15, -0.1) is 0 Å². The molecule has 0 fully saturated rings. The standard InChI is InChI=1S/C17H12N4O8/c1-2-3-15(22)29-18-17-12-6-9(19(23)24)4-5-11(12)16-13(17)7-10(20(25)26)8-14(16)21(27)28/h4-8H,2-3H2,1H3/b18-17-. The van der Waals surface area contributed by atoms with Crippen LogP contribution >= 0.6 is 0 Å². The zero-order valence-electron chi connectivity index (χ0n) is 14.9. The summed E-state index contributed by atoms with van der Waals surface area (Å²) in [6, 6.07) is 5.43. The van der Waals surface area contributed by atoms with Crippen LogP contribution in [0.25, 0.3) is 11.1 Å². The molecule has 148 valence electrons. The monoisotopic (exact) mass is 400 g/mol. The summed E-state index contributed by atoms with van der Waals surface area (Å²) >= 11 is 0. The van der Waals surface area contributed by atoms with E-state index in [1.165, 1.54) is 6.07 Å². The number of rotatable bonds is 6. The average Bonchev–Trinajstić information content (AvgIpc) is 2.98. The van der Waals surface area contributed by atoms with Crippen LogP contribution in [0.4, 0.5) is 17.1 Å². The van der Waals surface area contributed by atoms with Crippen LogP contribution < -0.4 is 0 Å². The lowest BCUT2D eigenvalue weighted by molar-refractivity contribution is -0.393. The second kappa shape index (κ2) is 7.42. The molecule has 2 aromatic carbocycles. The van der Waals surface area contributed by atoms with Crippen molar-refractivity contribution in [2.24, 2.45) is 5.16 Å². The van der Waals surface area contributed by atoms with E-state index in [4.69, 9.17) is 4.84 Å². The molecular weight excluding hydrogens is 388 g/mol. The third kappa shape index (κ3) is 3.50. The smallest absolute Gasteiger partial charge is 0.318 e. The SMILES string of the molecule is CCCC(=O)O/N=C1/c2cc([N+](=O)[O-])ccc2-c2c1cc([N+](=O)[O-])cc2[N+](=O)[O-]. The summed E-state index contributed by atoms with van der Waals surface area (Å²) in [5.74, 6) is -0.680. The number of benzene rings is 2. The minimum atomic E-state index is -0.806. The highest BCUT2D eigenvalue weighted by Gasteiger charge is 2.36. The molecule has 0 spiro atoms. The number of non-ortho nitro benzene ring substituents is 2. The van der Waals surface area contributed by atoms with Gasteiger partial charge in [-0.1, -0.05) is 12.1 Å². The van der Waals surface area contributed by atoms with E-state index in [1.54, 1.807) is 6.92 Å². The summed E-state index contributed by atoms with van der Waals surface area (Å²) in [5, 5.41) is 37.6. The van der Waals surface area contributed by atoms with Gasteiger partial charge in [0.15, 0.2) is 0 Å². The molecule has 0 unspecified atom stereocenters. The van der Waals surface area contributed by atoms with E-state index in [2.05, 4.69) is 5.16 Å². The number of carbonyl (C=O) groups excluding carboxylic acids is 1. The van der Waals surface area contributed by atoms with E-state index in [1.807, 2.05) is 0 Å². The molecule has 0 heterocycles. The fourth-order valence-electron chi connectivity index (χ4n) is 2.98. The van der Waals surface area contributed by atoms with E-state index in [0.717, 1.165) is 24.3 Å². The molecule has 2 aromatic rings. The first-order valence-electron chi connectivity index (χ1n) is 8.28. The molecule has 0 bridgehead atoms. The number of hydrogen-bond acceptors (Lipinski definition) is 9. The van der Waals surface area contributed by atoms with Crippen molar-refractivity contribution in [2.45, 2.75) is 19.8 Å². The van der Waals surface area contributed by atoms with Gasteiger partial charge in [0.1, 0.15) is 5.71 Å². The Kier molecular flexibility index (Phi) is 5.00. The molecule has 1 aliphatic carbocycles. The highest BCUT2D eigenvalue weighted by atomic mass is 16.7. The lowest BCUT2D eigenvalue weighted by Crippen LogP contribution is -2.06. The van der Waals surface area contributed by atoms with Gasteiger partial charge in [-0.05, 0) is 18.1 Å². The van der Waals surface area contributed by atoms with Crippen LogP contribution in [0.3, 0.4) is 0 Å². The Morgan fingerprint density at radius 1 is 0.931 bits per heavy atom. The first-order chi connectivity index (χ1) is 13.7. The number of nitro benzene ring substituents is 3. The van der Waals surface area contributed by atoms with Gasteiger partial charge in [0.2, 0.25) is 0 Å². The number of fused-ring (bicyclic) bond motifs is 3. The molecule has 12 heteroatoms. The molecule has 1 aliphatic rings. The predicted molar refractivity (Wildman–Crippen MR) is 98.5 cm³/mol. The first kappa shape index (κ1) is 19.5. The Hall–Kier alpha value is -4.22. The summed E-state index contributed by atoms with van der Waals surface area (Å²) in [4.78, 5) is 48.1. The van der Waals surface area contributed by atoms with Crippen LogP contribution in [-0.4, -0.2) is 26.5 Å². The van der Waals surface area contributed by atoms with Crippen LogP contribution in [0.1, 0.15) is 30.9 Å². The van der Waals surface area contributed by atoms with Crippen LogP contribution in [0.2, 0.25) is 0 Å². The highest BCUT2D eigenvalue weighted by molar-refractivity contribution is 6.26. The molecule has 0 radical (unpaired) electrons. The summed E-state index contributed by atoms with van der Waals surface area (Å²) in [5.41, 5.74) is -1.27. The molecule has 12 nitrogen and oxygen atoms in total. The molecule has 0 saturated heterocycles. The second-order valence-electron chi connectivity index (χ2n) is 6.04. The zero-order chi connectivity index (χ0) is 21.3. The topological polar surface area (TPSA) is 168 Å². The van der Waals surface area contributed by atoms with Crippen molar-refractivity contribution in [2.75, 3.05) is 0 Å². The Morgan fingerprint density at radius 2 is 1.59 bits per heavy atom. The second-order valence-corrected chi connectivity index (χ2v) is 6.04. The van der Waals surface area contributed by atoms with Gasteiger partial charge in [0.05, 0.1) is 26.4 Å². The largest absolute Gasteiger partial charge is 0.335 e. The third-order valence-corrected chi connectivity index (χ3v) is 4.20. The van der Waals surface area contributed by atoms with Crippen LogP contribution in [0, 0.1) is 30.3 Å². The van der Waals surface area contributed by atoms with Crippen molar-refractivity contribution in [3.05, 3.63) is 71.8 Å². The maximum Gasteiger partial charge on any atom is 0.335 e. The number of carbonyl (C=O) groups is 1. The summed E-state index contributed by atoms with van der Waals surface area (Å²) in [6.45, 7) is 1.74. The van der Waals surface area contributed by atoms with Crippen molar-refractivity contribution < 1.29 is 24.4 Å². The molecule has 0 aliphatic heterocycles. The number of nitrogens with zero attached hydrogens (tertiary/aromatic N) is 4. The Bertz CT molecular complexity index is 1110. The normalized spacial score (nSPS) is 12.9. The Balaban J connectivity index is 2.30. The van der Waals surface area contributed by atoms with Crippen molar-refractivity contribution in [3.63, 3.8) is 0 Å². The highest BCUT2D eigenvalue weighted by Crippen LogP contribution is 2.45. The van der Waals surface area contributed by atoms with Gasteiger partial charge in [0.25, 0.3) is 17.1 Å². The van der Waals surface area contributed by atoms with Gasteiger partial charge < -0.3 is 4.84 Å². The van der Waals surface area contributed by atoms with Gasteiger partial charge in [-0.25, -0.2) is 4.79 Å². The molecule has 0 saturated carbocycles. The van der Waals surface area contributed by atoms with E-state index < -0.39 is 32.1 Å². The molecule has 3 rings (SSSR count). The summed E-state index contributed by atoms with van der Waals surface area (Å²) < 4.78 is 0. The van der Waals surface area contributed by atoms with E-state index >= 15 is 0 Å². The minimum absolute atomic E-state index is 0.00999. The fourth-order valence-corrected chi connectivity index (χ4v) is 2.98. The van der Waals surface area contributed by atoms with Gasteiger partial charge in [-0.2, -0.15) is 0 Å². The predicted octanol–water partition coefficient (Wildman–Crippen LogP) is 3.49. The fraction of sp³-hybridized carbons (Fsp3) is 0.176. The molecule has 0 atom stereocenters. The van der Waals surface area contributed by atoms with Crippen molar-refractivity contribution in [1.29, 1.82) is 0 Å². The number of oxime groups is 1. The first-order valence-corrected chi connectivity index (χ1v) is 8.28. The minimum Gasteiger partial charge on any atom is -0.318 e. The van der Waals surface area contributed by atoms with Gasteiger partial charge >= 0.3 is 5.97 Å². The van der Waals surface area contributed by atoms with Crippen molar-refractivity contribution in [3.8, 4) is 11.1 Å². The summed E-state index contributed by atoms with van der Waals surface area (Å²) in [6.07, 6.45) is 0.541. The maximum absolute atomic E-state index is 11.7. The summed E-state index contributed by atoms with van der Waals surface area (Å²) in [7, 11) is 0. The van der Waals surface area contributed by atoms with E-state index in [9.17, 15) is 35.1 Å². The quantitative estimate of drug-likeness (QED) is 0.344. The number of hydrogen-bond donors (Lipinski definition) is 0. The van der Waals surface area contributed by atoms with Gasteiger partial charge in [-0.3, -0.25) is 30.3 Å². The number of nitro groups is 3. The van der Waals surface area contributed by atoms with Crippen LogP contribution in [0.15, 0.2) is 35.5 Å². The molecule has 0 amide bonds. The zero-order valence-corrected chi connectivity index (χ0v) is 14.9. The van der Waals surface area contributed by atoms with Crippen molar-refractivity contribution >= 4 is 28.7 Å². The third-order valence-electron chi connectivity index (χ3n) is 4.20. The molecular formula is C17H12N4O8. The molecule has 29 heavy (non-hydrogen) atoms. The van der Waals surface area contributed by atoms with Crippen LogP contribution in [-0.2, 0) is 9.63 Å². The van der Waals surface area contributed by atoms with E-state index in [-0.39, 0.29) is 40.1 Å². The van der Waals surface area contributed by atoms with Crippen molar-refractivity contribution in [1.82, 2.24) is 0 Å². The maximum atomic E-state index is 11.7. The lowest BCUT2D eigenvalue weighted by atomic mass is 10.0. The molecule has 0 aromatic heterocycles. The van der Waals surface area contributed by atoms with Gasteiger partial charge in [0, 0.05) is 35.7 Å². The lowest BCUT2D eigenvalue weighted by Gasteiger charge is -2.03. The Morgan fingerprint density at radius 3 is 2.17 bits per heavy atom. The van der Waals surface area contributed by atoms with Crippen LogP contribution in [0.5, 0.6) is 0 Å². The average molecular weight is 400 g/mol.